The lowest BCUT2D eigenvalue weighted by Gasteiger charge is -2.30. The summed E-state index contributed by atoms with van der Waals surface area (Å²) >= 11 is 0. The molecule has 0 atom stereocenters. The van der Waals surface area contributed by atoms with E-state index in [2.05, 4.69) is 42.6 Å². The second-order valence-corrected chi connectivity index (χ2v) is 9.21. The van der Waals surface area contributed by atoms with Gasteiger partial charge in [0.15, 0.2) is 0 Å². The number of aromatic nitrogens is 3. The van der Waals surface area contributed by atoms with Crippen LogP contribution in [0.5, 0.6) is 5.75 Å². The van der Waals surface area contributed by atoms with E-state index in [1.807, 2.05) is 32.0 Å². The van der Waals surface area contributed by atoms with Crippen molar-refractivity contribution in [2.75, 3.05) is 28.7 Å². The van der Waals surface area contributed by atoms with Gasteiger partial charge in [0.1, 0.15) is 5.75 Å². The number of nitro benzene ring substituents is 1. The van der Waals surface area contributed by atoms with Crippen LogP contribution in [-0.4, -0.2) is 55.4 Å². The van der Waals surface area contributed by atoms with E-state index < -0.39 is 10.9 Å². The number of piperidine rings is 1. The highest BCUT2D eigenvalue weighted by molar-refractivity contribution is 5.84. The number of phenolic OH excluding ortho intramolecular Hbond substituents is 1. The van der Waals surface area contributed by atoms with E-state index in [1.165, 1.54) is 24.4 Å². The fourth-order valence-corrected chi connectivity index (χ4v) is 3.75. The number of aliphatic carboxylic acids is 1. The number of benzene rings is 2. The summed E-state index contributed by atoms with van der Waals surface area (Å²) in [5, 5.41) is 35.8. The lowest BCUT2D eigenvalue weighted by Crippen LogP contribution is -2.34. The Labute approximate surface area is 225 Å². The molecule has 4 N–H and O–H groups in total. The Morgan fingerprint density at radius 2 is 1.82 bits per heavy atom. The van der Waals surface area contributed by atoms with E-state index in [0.29, 0.717) is 17.8 Å². The van der Waals surface area contributed by atoms with Crippen molar-refractivity contribution in [3.63, 3.8) is 0 Å². The van der Waals surface area contributed by atoms with E-state index in [4.69, 9.17) is 9.90 Å². The SMILES string of the molecule is CC(=O)O.Cc1cccc(Nc2nc(N/N=C/c3cc([N+](=O)[O-])ccc3O)nc(N3CCC(C)CC3)n2)c1C. The van der Waals surface area contributed by atoms with Gasteiger partial charge < -0.3 is 20.4 Å². The number of non-ortho nitro benzene ring substituents is 1. The van der Waals surface area contributed by atoms with Gasteiger partial charge in [0, 0.05) is 43.4 Å². The fraction of sp³-hybridized carbons (Fsp3) is 0.346. The normalized spacial score (nSPS) is 13.5. The van der Waals surface area contributed by atoms with Gasteiger partial charge in [-0.1, -0.05) is 19.1 Å². The van der Waals surface area contributed by atoms with Crippen molar-refractivity contribution in [3.8, 4) is 5.75 Å². The van der Waals surface area contributed by atoms with Crippen LogP contribution in [0.15, 0.2) is 41.5 Å². The topological polar surface area (TPSA) is 179 Å². The van der Waals surface area contributed by atoms with Crippen molar-refractivity contribution in [1.82, 2.24) is 15.0 Å². The number of aromatic hydroxyl groups is 1. The summed E-state index contributed by atoms with van der Waals surface area (Å²) in [6.07, 6.45) is 3.39. The highest BCUT2D eigenvalue weighted by Gasteiger charge is 2.20. The number of anilines is 4. The maximum absolute atomic E-state index is 11.0. The van der Waals surface area contributed by atoms with Crippen molar-refractivity contribution in [2.24, 2.45) is 11.0 Å². The number of aryl methyl sites for hydroxylation is 1. The van der Waals surface area contributed by atoms with Crippen LogP contribution in [0.3, 0.4) is 0 Å². The number of nitro groups is 1. The number of carbonyl (C=O) groups is 1. The van der Waals surface area contributed by atoms with Crippen LogP contribution in [0.1, 0.15) is 43.4 Å². The predicted octanol–water partition coefficient (Wildman–Crippen LogP) is 4.62. The van der Waals surface area contributed by atoms with Crippen LogP contribution >= 0.6 is 0 Å². The van der Waals surface area contributed by atoms with Gasteiger partial charge in [0.05, 0.1) is 11.1 Å². The first-order valence-electron chi connectivity index (χ1n) is 12.3. The molecule has 0 bridgehead atoms. The minimum Gasteiger partial charge on any atom is -0.507 e. The predicted molar refractivity (Wildman–Crippen MR) is 149 cm³/mol. The van der Waals surface area contributed by atoms with E-state index in [1.54, 1.807) is 0 Å². The number of carboxylic acid groups (broad SMARTS) is 1. The first kappa shape index (κ1) is 28.8. The Kier molecular flexibility index (Phi) is 9.68. The summed E-state index contributed by atoms with van der Waals surface area (Å²) in [6.45, 7) is 9.08. The number of rotatable bonds is 7. The van der Waals surface area contributed by atoms with Crippen LogP contribution in [0, 0.1) is 29.9 Å². The number of hydrogen-bond acceptors (Lipinski definition) is 11. The molecule has 0 spiro atoms. The first-order valence-corrected chi connectivity index (χ1v) is 12.3. The number of carboxylic acids is 1. The Balaban J connectivity index is 0.000000983. The Morgan fingerprint density at radius 1 is 1.15 bits per heavy atom. The maximum atomic E-state index is 11.0. The Hall–Kier alpha value is -4.81. The molecule has 3 aromatic rings. The van der Waals surface area contributed by atoms with Crippen molar-refractivity contribution >= 4 is 41.4 Å². The zero-order valence-corrected chi connectivity index (χ0v) is 22.2. The van der Waals surface area contributed by atoms with Crippen molar-refractivity contribution in [1.29, 1.82) is 0 Å². The number of phenols is 1. The van der Waals surface area contributed by atoms with Gasteiger partial charge in [-0.2, -0.15) is 20.1 Å². The smallest absolute Gasteiger partial charge is 0.300 e. The van der Waals surface area contributed by atoms with Crippen LogP contribution < -0.4 is 15.6 Å². The second kappa shape index (κ2) is 13.1. The molecule has 13 heteroatoms. The first-order chi connectivity index (χ1) is 18.5. The standard InChI is InChI=1S/C24H28N8O3.C2H4O2/c1-15-9-11-31(12-10-15)24-28-22(26-20-6-4-5-16(2)17(20)3)27-23(29-24)30-25-14-18-13-19(32(34)35)7-8-21(18)33;1-2(3)4/h4-8,13-15,33H,9-12H2,1-3H3,(H2,26,27,28,29,30);1H3,(H,3,4)/b25-14+;. The summed E-state index contributed by atoms with van der Waals surface area (Å²) in [6, 6.07) is 9.69. The van der Waals surface area contributed by atoms with Gasteiger partial charge in [0.2, 0.25) is 17.8 Å². The molecular formula is C26H32N8O5. The molecule has 1 saturated heterocycles. The van der Waals surface area contributed by atoms with Crippen molar-refractivity contribution in [2.45, 2.75) is 40.5 Å². The zero-order valence-electron chi connectivity index (χ0n) is 22.2. The summed E-state index contributed by atoms with van der Waals surface area (Å²) in [4.78, 5) is 35.2. The molecule has 13 nitrogen and oxygen atoms in total. The van der Waals surface area contributed by atoms with E-state index in [-0.39, 0.29) is 22.9 Å². The quantitative estimate of drug-likeness (QED) is 0.188. The van der Waals surface area contributed by atoms with Crippen LogP contribution in [0.4, 0.5) is 29.2 Å². The molecule has 39 heavy (non-hydrogen) atoms. The van der Waals surface area contributed by atoms with Crippen molar-refractivity contribution < 1.29 is 19.9 Å². The summed E-state index contributed by atoms with van der Waals surface area (Å²) in [7, 11) is 0. The van der Waals surface area contributed by atoms with Gasteiger partial charge in [-0.25, -0.2) is 5.43 Å². The van der Waals surface area contributed by atoms with Gasteiger partial charge in [0.25, 0.3) is 11.7 Å². The molecular weight excluding hydrogens is 504 g/mol. The van der Waals surface area contributed by atoms with E-state index >= 15 is 0 Å². The molecule has 0 aliphatic carbocycles. The average Bonchev–Trinajstić information content (AvgIpc) is 2.88. The Bertz CT molecular complexity index is 1350. The maximum Gasteiger partial charge on any atom is 0.300 e. The Morgan fingerprint density at radius 3 is 2.49 bits per heavy atom. The largest absolute Gasteiger partial charge is 0.507 e. The molecule has 1 fully saturated rings. The molecule has 0 radical (unpaired) electrons. The molecule has 0 saturated carbocycles. The van der Waals surface area contributed by atoms with Gasteiger partial charge in [-0.3, -0.25) is 14.9 Å². The molecule has 4 rings (SSSR count). The van der Waals surface area contributed by atoms with Crippen molar-refractivity contribution in [3.05, 3.63) is 63.2 Å². The molecule has 206 valence electrons. The molecule has 2 heterocycles. The molecule has 0 amide bonds. The second-order valence-electron chi connectivity index (χ2n) is 9.21. The summed E-state index contributed by atoms with van der Waals surface area (Å²) in [5.74, 6) is 0.819. The average molecular weight is 537 g/mol. The number of hydrogen-bond donors (Lipinski definition) is 4. The molecule has 0 unspecified atom stereocenters. The number of nitrogens with zero attached hydrogens (tertiary/aromatic N) is 6. The molecule has 1 aliphatic rings. The third-order valence-electron chi connectivity index (χ3n) is 6.13. The van der Waals surface area contributed by atoms with Gasteiger partial charge >= 0.3 is 0 Å². The van der Waals surface area contributed by atoms with Gasteiger partial charge in [-0.15, -0.1) is 0 Å². The third-order valence-corrected chi connectivity index (χ3v) is 6.13. The lowest BCUT2D eigenvalue weighted by molar-refractivity contribution is -0.384. The highest BCUT2D eigenvalue weighted by atomic mass is 16.6. The summed E-state index contributed by atoms with van der Waals surface area (Å²) < 4.78 is 0. The van der Waals surface area contributed by atoms with E-state index in [9.17, 15) is 15.2 Å². The molecule has 1 aromatic heterocycles. The van der Waals surface area contributed by atoms with Crippen LogP contribution in [0.25, 0.3) is 0 Å². The minimum absolute atomic E-state index is 0.128. The monoisotopic (exact) mass is 536 g/mol. The third kappa shape index (κ3) is 8.35. The van der Waals surface area contributed by atoms with Crippen LogP contribution in [-0.2, 0) is 4.79 Å². The lowest BCUT2D eigenvalue weighted by atomic mass is 10.00. The van der Waals surface area contributed by atoms with E-state index in [0.717, 1.165) is 49.7 Å². The number of hydrazone groups is 1. The molecule has 2 aromatic carbocycles. The van der Waals surface area contributed by atoms with Gasteiger partial charge in [-0.05, 0) is 55.9 Å². The zero-order chi connectivity index (χ0) is 28.5. The van der Waals surface area contributed by atoms with Crippen LogP contribution in [0.2, 0.25) is 0 Å². The fourth-order valence-electron chi connectivity index (χ4n) is 3.75. The minimum atomic E-state index is -0.833. The number of nitrogens with one attached hydrogen (secondary N) is 2. The summed E-state index contributed by atoms with van der Waals surface area (Å²) in [5.41, 5.74) is 5.95. The highest BCUT2D eigenvalue weighted by Crippen LogP contribution is 2.25. The molecule has 1 aliphatic heterocycles.